The Hall–Kier alpha value is -0.780. The van der Waals surface area contributed by atoms with Crippen LogP contribution >= 0.6 is 23.4 Å². The molecule has 0 radical (unpaired) electrons. The minimum Gasteiger partial charge on any atom is -0.465 e. The summed E-state index contributed by atoms with van der Waals surface area (Å²) in [6, 6.07) is 3.70. The molecule has 0 aromatic carbocycles. The van der Waals surface area contributed by atoms with Crippen molar-refractivity contribution in [2.75, 3.05) is 18.9 Å². The lowest BCUT2D eigenvalue weighted by Gasteiger charge is -2.28. The lowest BCUT2D eigenvalue weighted by Crippen LogP contribution is -2.51. The summed E-state index contributed by atoms with van der Waals surface area (Å²) >= 11 is 7.42. The van der Waals surface area contributed by atoms with Gasteiger partial charge in [-0.3, -0.25) is 4.79 Å². The van der Waals surface area contributed by atoms with Gasteiger partial charge in [-0.25, -0.2) is 4.98 Å². The molecule has 0 fully saturated rings. The number of thioether (sulfide) groups is 1. The monoisotopic (exact) mass is 330 g/mol. The molecule has 1 aromatic rings. The van der Waals surface area contributed by atoms with Crippen molar-refractivity contribution >= 4 is 29.3 Å². The van der Waals surface area contributed by atoms with E-state index in [2.05, 4.69) is 17.2 Å². The van der Waals surface area contributed by atoms with Crippen LogP contribution in [0.3, 0.4) is 0 Å². The van der Waals surface area contributed by atoms with Crippen LogP contribution < -0.4 is 5.32 Å². The maximum absolute atomic E-state index is 12.1. The summed E-state index contributed by atoms with van der Waals surface area (Å²) in [6.45, 7) is 6.99. The second kappa shape index (κ2) is 9.28. The van der Waals surface area contributed by atoms with Crippen LogP contribution in [0.2, 0.25) is 5.02 Å². The summed E-state index contributed by atoms with van der Waals surface area (Å²) in [6.07, 6.45) is 3.28. The number of halogens is 1. The fraction of sp³-hybridized carbons (Fsp3) is 0.600. The lowest BCUT2D eigenvalue weighted by molar-refractivity contribution is -0.150. The van der Waals surface area contributed by atoms with E-state index in [9.17, 15) is 4.79 Å². The molecular formula is C15H23ClN2O2S. The van der Waals surface area contributed by atoms with Crippen molar-refractivity contribution in [1.82, 2.24) is 10.3 Å². The number of carbonyl (C=O) groups excluding carboxylic acids is 1. The molecule has 0 spiro atoms. The minimum atomic E-state index is -0.647. The molecule has 0 saturated heterocycles. The second-order valence-corrected chi connectivity index (χ2v) is 6.44. The van der Waals surface area contributed by atoms with Crippen molar-refractivity contribution < 1.29 is 9.53 Å². The highest BCUT2D eigenvalue weighted by Crippen LogP contribution is 2.22. The SMILES string of the molecule is CCCNC(C)(CCSc1ccc(Cl)cn1)C(=O)OCC. The molecule has 6 heteroatoms. The molecule has 1 rings (SSSR count). The van der Waals surface area contributed by atoms with E-state index in [1.165, 1.54) is 0 Å². The molecule has 1 atom stereocenters. The summed E-state index contributed by atoms with van der Waals surface area (Å²) in [4.78, 5) is 16.4. The summed E-state index contributed by atoms with van der Waals surface area (Å²) in [5.41, 5.74) is -0.647. The Balaban J connectivity index is 2.55. The van der Waals surface area contributed by atoms with E-state index in [4.69, 9.17) is 16.3 Å². The highest BCUT2D eigenvalue weighted by Gasteiger charge is 2.33. The molecule has 1 aromatic heterocycles. The van der Waals surface area contributed by atoms with E-state index in [0.717, 1.165) is 23.7 Å². The summed E-state index contributed by atoms with van der Waals surface area (Å²) in [5.74, 6) is 0.587. The van der Waals surface area contributed by atoms with Crippen molar-refractivity contribution in [2.24, 2.45) is 0 Å². The summed E-state index contributed by atoms with van der Waals surface area (Å²) in [7, 11) is 0. The van der Waals surface area contributed by atoms with Crippen LogP contribution in [-0.4, -0.2) is 35.4 Å². The fourth-order valence-electron chi connectivity index (χ4n) is 1.76. The van der Waals surface area contributed by atoms with Crippen LogP contribution in [0, 0.1) is 0 Å². The van der Waals surface area contributed by atoms with E-state index in [-0.39, 0.29) is 5.97 Å². The van der Waals surface area contributed by atoms with Crippen molar-refractivity contribution in [3.05, 3.63) is 23.4 Å². The third-order valence-electron chi connectivity index (χ3n) is 3.04. The number of ether oxygens (including phenoxy) is 1. The lowest BCUT2D eigenvalue weighted by atomic mass is 9.99. The van der Waals surface area contributed by atoms with Crippen LogP contribution in [0.4, 0.5) is 0 Å². The van der Waals surface area contributed by atoms with Gasteiger partial charge in [0.05, 0.1) is 16.7 Å². The Kier molecular flexibility index (Phi) is 8.07. The molecular weight excluding hydrogens is 308 g/mol. The third-order valence-corrected chi connectivity index (χ3v) is 4.21. The third kappa shape index (κ3) is 6.24. The number of hydrogen-bond donors (Lipinski definition) is 1. The van der Waals surface area contributed by atoms with E-state index in [1.54, 1.807) is 18.0 Å². The summed E-state index contributed by atoms with van der Waals surface area (Å²) < 4.78 is 5.18. The first kappa shape index (κ1) is 18.3. The van der Waals surface area contributed by atoms with Crippen molar-refractivity contribution in [3.8, 4) is 0 Å². The van der Waals surface area contributed by atoms with E-state index in [1.807, 2.05) is 26.0 Å². The van der Waals surface area contributed by atoms with Crippen molar-refractivity contribution in [3.63, 3.8) is 0 Å². The Morgan fingerprint density at radius 3 is 2.81 bits per heavy atom. The molecule has 0 aliphatic rings. The zero-order chi connectivity index (χ0) is 15.7. The highest BCUT2D eigenvalue weighted by molar-refractivity contribution is 7.99. The average molecular weight is 331 g/mol. The topological polar surface area (TPSA) is 51.2 Å². The number of pyridine rings is 1. The van der Waals surface area contributed by atoms with Gasteiger partial charge in [0, 0.05) is 11.9 Å². The smallest absolute Gasteiger partial charge is 0.326 e. The molecule has 0 aliphatic carbocycles. The standard InChI is InChI=1S/C15H23ClN2O2S/c1-4-9-18-15(3,14(19)20-5-2)8-10-21-13-7-6-12(16)11-17-13/h6-7,11,18H,4-5,8-10H2,1-3H3. The first-order valence-electron chi connectivity index (χ1n) is 7.18. The number of carbonyl (C=O) groups is 1. The summed E-state index contributed by atoms with van der Waals surface area (Å²) in [5, 5.41) is 4.83. The number of nitrogens with zero attached hydrogens (tertiary/aromatic N) is 1. The van der Waals surface area contributed by atoms with Gasteiger partial charge in [-0.2, -0.15) is 0 Å². The fourth-order valence-corrected chi connectivity index (χ4v) is 2.88. The van der Waals surface area contributed by atoms with Crippen LogP contribution in [0.25, 0.3) is 0 Å². The average Bonchev–Trinajstić information content (AvgIpc) is 2.47. The maximum Gasteiger partial charge on any atom is 0.326 e. The van der Waals surface area contributed by atoms with Crippen LogP contribution in [0.15, 0.2) is 23.4 Å². The van der Waals surface area contributed by atoms with Gasteiger partial charge in [-0.1, -0.05) is 18.5 Å². The Bertz CT molecular complexity index is 442. The first-order valence-corrected chi connectivity index (χ1v) is 8.54. The predicted molar refractivity (Wildman–Crippen MR) is 87.9 cm³/mol. The van der Waals surface area contributed by atoms with Crippen molar-refractivity contribution in [1.29, 1.82) is 0 Å². The minimum absolute atomic E-state index is 0.192. The number of rotatable bonds is 9. The zero-order valence-electron chi connectivity index (χ0n) is 12.8. The molecule has 4 nitrogen and oxygen atoms in total. The van der Waals surface area contributed by atoms with Crippen LogP contribution in [-0.2, 0) is 9.53 Å². The molecule has 0 bridgehead atoms. The number of esters is 1. The molecule has 0 aliphatic heterocycles. The normalized spacial score (nSPS) is 13.7. The van der Waals surface area contributed by atoms with Gasteiger partial charge in [-0.15, -0.1) is 11.8 Å². The van der Waals surface area contributed by atoms with Gasteiger partial charge in [0.15, 0.2) is 0 Å². The van der Waals surface area contributed by atoms with Crippen LogP contribution in [0.1, 0.15) is 33.6 Å². The molecule has 21 heavy (non-hydrogen) atoms. The maximum atomic E-state index is 12.1. The highest BCUT2D eigenvalue weighted by atomic mass is 35.5. The first-order chi connectivity index (χ1) is 10.0. The second-order valence-electron chi connectivity index (χ2n) is 4.89. The molecule has 118 valence electrons. The van der Waals surface area contributed by atoms with E-state index >= 15 is 0 Å². The van der Waals surface area contributed by atoms with Crippen LogP contribution in [0.5, 0.6) is 0 Å². The van der Waals surface area contributed by atoms with Gasteiger partial charge in [-0.05, 0) is 45.4 Å². The number of aromatic nitrogens is 1. The number of nitrogens with one attached hydrogen (secondary N) is 1. The van der Waals surface area contributed by atoms with Gasteiger partial charge in [0.1, 0.15) is 5.54 Å². The molecule has 1 N–H and O–H groups in total. The van der Waals surface area contributed by atoms with Gasteiger partial charge < -0.3 is 10.1 Å². The van der Waals surface area contributed by atoms with Crippen molar-refractivity contribution in [2.45, 2.75) is 44.2 Å². The van der Waals surface area contributed by atoms with E-state index in [0.29, 0.717) is 18.1 Å². The quantitative estimate of drug-likeness (QED) is 0.554. The van der Waals surface area contributed by atoms with Gasteiger partial charge in [0.2, 0.25) is 0 Å². The zero-order valence-corrected chi connectivity index (χ0v) is 14.4. The largest absolute Gasteiger partial charge is 0.465 e. The van der Waals surface area contributed by atoms with Gasteiger partial charge in [0.25, 0.3) is 0 Å². The van der Waals surface area contributed by atoms with E-state index < -0.39 is 5.54 Å². The number of hydrogen-bond acceptors (Lipinski definition) is 5. The molecule has 1 heterocycles. The molecule has 0 saturated carbocycles. The Labute approximate surface area is 136 Å². The molecule has 1 unspecified atom stereocenters. The Morgan fingerprint density at radius 1 is 1.48 bits per heavy atom. The Morgan fingerprint density at radius 2 is 2.24 bits per heavy atom. The molecule has 0 amide bonds. The van der Waals surface area contributed by atoms with Gasteiger partial charge >= 0.3 is 5.97 Å². The predicted octanol–water partition coefficient (Wildman–Crippen LogP) is 3.54.